The van der Waals surface area contributed by atoms with Gasteiger partial charge in [0.2, 0.25) is 0 Å². The number of hydrogen-bond acceptors (Lipinski definition) is 6. The van der Waals surface area contributed by atoms with Crippen LogP contribution in [0.15, 0.2) is 48.6 Å². The molecular weight excluding hydrogens is 817 g/mol. The highest BCUT2D eigenvalue weighted by Gasteiger charge is 2.19. The molecule has 0 aromatic carbocycles. The van der Waals surface area contributed by atoms with E-state index in [1.165, 1.54) is 173 Å². The van der Waals surface area contributed by atoms with Crippen molar-refractivity contribution >= 4 is 17.9 Å². The second-order valence-electron chi connectivity index (χ2n) is 19.2. The fraction of sp³-hybridized carbons (Fsp3) is 0.817. The first kappa shape index (κ1) is 63.4. The molecule has 0 aliphatic rings. The molecule has 6 nitrogen and oxygen atoms in total. The maximum absolute atomic E-state index is 12.8. The van der Waals surface area contributed by atoms with Crippen molar-refractivity contribution in [3.63, 3.8) is 0 Å². The third-order valence-electron chi connectivity index (χ3n) is 12.6. The highest BCUT2D eigenvalue weighted by molar-refractivity contribution is 5.71. The maximum Gasteiger partial charge on any atom is 0.306 e. The Morgan fingerprint density at radius 2 is 0.591 bits per heavy atom. The van der Waals surface area contributed by atoms with Gasteiger partial charge in [-0.15, -0.1) is 0 Å². The number of unbranched alkanes of at least 4 members (excludes halogenated alkanes) is 33. The predicted octanol–water partition coefficient (Wildman–Crippen LogP) is 19.0. The Balaban J connectivity index is 4.12. The van der Waals surface area contributed by atoms with Crippen molar-refractivity contribution in [2.45, 2.75) is 303 Å². The Kier molecular flexibility index (Phi) is 52.8. The van der Waals surface area contributed by atoms with Gasteiger partial charge in [-0.25, -0.2) is 0 Å². The second-order valence-corrected chi connectivity index (χ2v) is 19.2. The summed E-state index contributed by atoms with van der Waals surface area (Å²) in [6, 6.07) is 0. The van der Waals surface area contributed by atoms with Gasteiger partial charge in [0.25, 0.3) is 0 Å². The molecule has 0 N–H and O–H groups in total. The summed E-state index contributed by atoms with van der Waals surface area (Å²) in [7, 11) is 0. The van der Waals surface area contributed by atoms with Crippen LogP contribution in [0, 0.1) is 0 Å². The standard InChI is InChI=1S/C60H108O6/c1-4-7-10-13-16-18-20-22-24-26-28-29-30-31-33-34-36-38-40-42-44-47-50-53-59(62)65-56-57(55-64-58(61)52-49-46-15-12-9-6-3)66-60(63)54-51-48-45-43-41-39-37-35-32-27-25-23-21-19-17-14-11-8-5-2/h7,10,16,18,22,24,28-29,57H,4-6,8-9,11-15,17,19-21,23,25-27,30-56H2,1-3H3/b10-7-,18-16-,24-22-,29-28-. The average Bonchev–Trinajstić information content (AvgIpc) is 3.31. The molecule has 384 valence electrons. The Hall–Kier alpha value is -2.63. The van der Waals surface area contributed by atoms with Crippen molar-refractivity contribution < 1.29 is 28.6 Å². The van der Waals surface area contributed by atoms with E-state index in [0.29, 0.717) is 19.3 Å². The molecule has 0 aromatic heterocycles. The first-order valence-corrected chi connectivity index (χ1v) is 28.6. The molecule has 0 rings (SSSR count). The van der Waals surface area contributed by atoms with Gasteiger partial charge in [0, 0.05) is 19.3 Å². The molecule has 0 heterocycles. The summed E-state index contributed by atoms with van der Waals surface area (Å²) >= 11 is 0. The third kappa shape index (κ3) is 52.3. The van der Waals surface area contributed by atoms with Crippen molar-refractivity contribution in [2.75, 3.05) is 13.2 Å². The van der Waals surface area contributed by atoms with Crippen LogP contribution in [0.25, 0.3) is 0 Å². The number of carbonyl (C=O) groups is 3. The zero-order valence-corrected chi connectivity index (χ0v) is 44.0. The molecular formula is C60H108O6. The molecule has 6 heteroatoms. The fourth-order valence-electron chi connectivity index (χ4n) is 8.32. The molecule has 0 aromatic rings. The van der Waals surface area contributed by atoms with Crippen LogP contribution in [0.1, 0.15) is 297 Å². The van der Waals surface area contributed by atoms with E-state index in [-0.39, 0.29) is 31.1 Å². The van der Waals surface area contributed by atoms with Gasteiger partial charge in [-0.1, -0.05) is 268 Å². The lowest BCUT2D eigenvalue weighted by molar-refractivity contribution is -0.167. The van der Waals surface area contributed by atoms with E-state index in [2.05, 4.69) is 69.4 Å². The van der Waals surface area contributed by atoms with E-state index in [9.17, 15) is 14.4 Å². The summed E-state index contributed by atoms with van der Waals surface area (Å²) in [6.45, 7) is 6.50. The fourth-order valence-corrected chi connectivity index (χ4v) is 8.32. The summed E-state index contributed by atoms with van der Waals surface area (Å²) in [6.07, 6.45) is 67.1. The minimum absolute atomic E-state index is 0.0713. The number of ether oxygens (including phenoxy) is 3. The van der Waals surface area contributed by atoms with Crippen LogP contribution >= 0.6 is 0 Å². The van der Waals surface area contributed by atoms with Gasteiger partial charge in [-0.3, -0.25) is 14.4 Å². The second kappa shape index (κ2) is 55.0. The largest absolute Gasteiger partial charge is 0.462 e. The number of rotatable bonds is 52. The highest BCUT2D eigenvalue weighted by atomic mass is 16.6. The van der Waals surface area contributed by atoms with E-state index in [1.54, 1.807) is 0 Å². The summed E-state index contributed by atoms with van der Waals surface area (Å²) in [5.74, 6) is -0.871. The molecule has 0 saturated carbocycles. The Bertz CT molecular complexity index is 1150. The zero-order valence-electron chi connectivity index (χ0n) is 44.0. The van der Waals surface area contributed by atoms with Crippen LogP contribution in [0.2, 0.25) is 0 Å². The summed E-state index contributed by atoms with van der Waals surface area (Å²) in [5.41, 5.74) is 0. The van der Waals surface area contributed by atoms with Crippen LogP contribution < -0.4 is 0 Å². The highest BCUT2D eigenvalue weighted by Crippen LogP contribution is 2.17. The van der Waals surface area contributed by atoms with Crippen molar-refractivity contribution in [3.05, 3.63) is 48.6 Å². The van der Waals surface area contributed by atoms with Crippen LogP contribution in [0.3, 0.4) is 0 Å². The molecule has 0 radical (unpaired) electrons. The minimum Gasteiger partial charge on any atom is -0.462 e. The van der Waals surface area contributed by atoms with E-state index in [4.69, 9.17) is 14.2 Å². The quantitative estimate of drug-likeness (QED) is 0.0262. The van der Waals surface area contributed by atoms with Gasteiger partial charge < -0.3 is 14.2 Å². The normalized spacial score (nSPS) is 12.3. The number of esters is 3. The van der Waals surface area contributed by atoms with Crippen molar-refractivity contribution in [2.24, 2.45) is 0 Å². The minimum atomic E-state index is -0.768. The Morgan fingerprint density at radius 1 is 0.318 bits per heavy atom. The lowest BCUT2D eigenvalue weighted by atomic mass is 10.0. The topological polar surface area (TPSA) is 78.9 Å². The van der Waals surface area contributed by atoms with Gasteiger partial charge in [0.05, 0.1) is 0 Å². The van der Waals surface area contributed by atoms with Gasteiger partial charge in [0.1, 0.15) is 13.2 Å². The average molecular weight is 926 g/mol. The maximum atomic E-state index is 12.8. The Morgan fingerprint density at radius 3 is 0.924 bits per heavy atom. The van der Waals surface area contributed by atoms with Gasteiger partial charge in [-0.05, 0) is 57.8 Å². The molecule has 0 spiro atoms. The molecule has 1 unspecified atom stereocenters. The van der Waals surface area contributed by atoms with E-state index in [1.807, 2.05) is 0 Å². The van der Waals surface area contributed by atoms with Crippen molar-refractivity contribution in [1.29, 1.82) is 0 Å². The molecule has 0 fully saturated rings. The third-order valence-corrected chi connectivity index (χ3v) is 12.6. The van der Waals surface area contributed by atoms with Gasteiger partial charge in [-0.2, -0.15) is 0 Å². The van der Waals surface area contributed by atoms with E-state index >= 15 is 0 Å². The molecule has 66 heavy (non-hydrogen) atoms. The summed E-state index contributed by atoms with van der Waals surface area (Å²) < 4.78 is 16.8. The van der Waals surface area contributed by atoms with Crippen LogP contribution in [0.5, 0.6) is 0 Å². The van der Waals surface area contributed by atoms with E-state index in [0.717, 1.165) is 83.5 Å². The smallest absolute Gasteiger partial charge is 0.306 e. The van der Waals surface area contributed by atoms with E-state index < -0.39 is 6.10 Å². The summed E-state index contributed by atoms with van der Waals surface area (Å²) in [5, 5.41) is 0. The predicted molar refractivity (Wildman–Crippen MR) is 284 cm³/mol. The van der Waals surface area contributed by atoms with Gasteiger partial charge >= 0.3 is 17.9 Å². The molecule has 0 amide bonds. The lowest BCUT2D eigenvalue weighted by Crippen LogP contribution is -2.30. The molecule has 1 atom stereocenters. The van der Waals surface area contributed by atoms with Crippen LogP contribution in [0.4, 0.5) is 0 Å². The lowest BCUT2D eigenvalue weighted by Gasteiger charge is -2.18. The summed E-state index contributed by atoms with van der Waals surface area (Å²) in [4.78, 5) is 37.9. The monoisotopic (exact) mass is 925 g/mol. The molecule has 0 aliphatic heterocycles. The number of hydrogen-bond donors (Lipinski definition) is 0. The van der Waals surface area contributed by atoms with Gasteiger partial charge in [0.15, 0.2) is 6.10 Å². The molecule has 0 aliphatic carbocycles. The Labute approximate surface area is 409 Å². The SMILES string of the molecule is CC/C=C\C/C=C\C/C=C\C/C=C\CCCCCCCCCCCCC(=O)OCC(COC(=O)CCCCCCCC)OC(=O)CCCCCCCCCCCCCCCCCCCCC. The number of allylic oxidation sites excluding steroid dienone is 8. The first-order valence-electron chi connectivity index (χ1n) is 28.6. The van der Waals surface area contributed by atoms with Crippen molar-refractivity contribution in [3.8, 4) is 0 Å². The molecule has 0 bridgehead atoms. The van der Waals surface area contributed by atoms with Crippen LogP contribution in [-0.4, -0.2) is 37.2 Å². The zero-order chi connectivity index (χ0) is 47.9. The first-order chi connectivity index (χ1) is 32.5. The van der Waals surface area contributed by atoms with Crippen molar-refractivity contribution in [1.82, 2.24) is 0 Å². The van der Waals surface area contributed by atoms with Crippen LogP contribution in [-0.2, 0) is 28.6 Å². The molecule has 0 saturated heterocycles. The number of carbonyl (C=O) groups excluding carboxylic acids is 3.